The van der Waals surface area contributed by atoms with Crippen molar-refractivity contribution in [3.63, 3.8) is 0 Å². The number of nitrogens with zero attached hydrogens (tertiary/aromatic N) is 2. The van der Waals surface area contributed by atoms with Crippen molar-refractivity contribution in [2.75, 3.05) is 11.9 Å². The van der Waals surface area contributed by atoms with E-state index < -0.39 is 12.0 Å². The molecule has 182 valence electrons. The molecule has 0 unspecified atom stereocenters. The summed E-state index contributed by atoms with van der Waals surface area (Å²) in [5.41, 5.74) is 4.87. The molecule has 7 nitrogen and oxygen atoms in total. The van der Waals surface area contributed by atoms with Crippen LogP contribution in [0.1, 0.15) is 45.6 Å². The summed E-state index contributed by atoms with van der Waals surface area (Å²) in [6.07, 6.45) is 0. The molecule has 0 radical (unpaired) electrons. The van der Waals surface area contributed by atoms with Gasteiger partial charge in [0.25, 0.3) is 5.91 Å². The summed E-state index contributed by atoms with van der Waals surface area (Å²) >= 11 is 0. The van der Waals surface area contributed by atoms with Crippen LogP contribution in [0.2, 0.25) is 0 Å². The number of fused-ring (bicyclic) bond motifs is 1. The lowest BCUT2D eigenvalue weighted by Crippen LogP contribution is -2.50. The van der Waals surface area contributed by atoms with Gasteiger partial charge in [-0.25, -0.2) is 4.68 Å². The number of hydrogen-bond donors (Lipinski definition) is 2. The Balaban J connectivity index is 1.60. The van der Waals surface area contributed by atoms with E-state index in [9.17, 15) is 9.59 Å². The zero-order chi connectivity index (χ0) is 25.2. The number of ether oxygens (including phenoxy) is 1. The maximum absolute atomic E-state index is 13.5. The molecule has 1 aliphatic rings. The summed E-state index contributed by atoms with van der Waals surface area (Å²) in [6, 6.07) is 23.9. The Morgan fingerprint density at radius 2 is 1.78 bits per heavy atom. The highest BCUT2D eigenvalue weighted by Crippen LogP contribution is 2.41. The van der Waals surface area contributed by atoms with E-state index in [0.717, 1.165) is 33.8 Å². The molecule has 3 aromatic carbocycles. The van der Waals surface area contributed by atoms with Crippen LogP contribution in [-0.2, 0) is 4.79 Å². The average Bonchev–Trinajstić information content (AvgIpc) is 3.21. The molecule has 7 heteroatoms. The number of amides is 2. The summed E-state index contributed by atoms with van der Waals surface area (Å²) < 4.78 is 7.37. The molecule has 5 rings (SSSR count). The standard InChI is InChI=1S/C29H28N4O3/c1-4-36-23-15-13-20(14-16-23)25-24-19(3)32-33(22-11-6-5-7-12-22)27(24)31-29(35)26(25)30-28(34)21-10-8-9-18(2)17-21/h5-17,25-26H,4H2,1-3H3,(H,30,34)(H,31,35)/t25-,26+/m1/s1. The summed E-state index contributed by atoms with van der Waals surface area (Å²) in [4.78, 5) is 26.8. The quantitative estimate of drug-likeness (QED) is 0.416. The molecule has 0 saturated carbocycles. The van der Waals surface area contributed by atoms with Gasteiger partial charge in [-0.05, 0) is 62.7 Å². The Morgan fingerprint density at radius 3 is 2.47 bits per heavy atom. The van der Waals surface area contributed by atoms with Crippen LogP contribution >= 0.6 is 0 Å². The summed E-state index contributed by atoms with van der Waals surface area (Å²) in [5, 5.41) is 10.8. The fourth-order valence-corrected chi connectivity index (χ4v) is 4.76. The van der Waals surface area contributed by atoms with Gasteiger partial charge in [-0.1, -0.05) is 48.0 Å². The van der Waals surface area contributed by atoms with E-state index in [2.05, 4.69) is 10.6 Å². The van der Waals surface area contributed by atoms with Crippen molar-refractivity contribution >= 4 is 17.6 Å². The highest BCUT2D eigenvalue weighted by Gasteiger charge is 2.41. The van der Waals surface area contributed by atoms with Gasteiger partial charge in [0.1, 0.15) is 17.6 Å². The predicted molar refractivity (Wildman–Crippen MR) is 139 cm³/mol. The lowest BCUT2D eigenvalue weighted by molar-refractivity contribution is -0.118. The molecule has 2 N–H and O–H groups in total. The van der Waals surface area contributed by atoms with E-state index in [1.54, 1.807) is 10.7 Å². The van der Waals surface area contributed by atoms with Crippen LogP contribution < -0.4 is 15.4 Å². The predicted octanol–water partition coefficient (Wildman–Crippen LogP) is 4.77. The third-order valence-electron chi connectivity index (χ3n) is 6.39. The minimum absolute atomic E-state index is 0.292. The number of aryl methyl sites for hydroxylation is 2. The van der Waals surface area contributed by atoms with Crippen molar-refractivity contribution in [1.82, 2.24) is 15.1 Å². The maximum atomic E-state index is 13.5. The van der Waals surface area contributed by atoms with E-state index in [-0.39, 0.29) is 11.8 Å². The SMILES string of the molecule is CCOc1ccc([C@@H]2c3c(C)nn(-c4ccccc4)c3NC(=O)[C@H]2NC(=O)c2cccc(C)c2)cc1. The van der Waals surface area contributed by atoms with E-state index >= 15 is 0 Å². The Hall–Kier alpha value is -4.39. The summed E-state index contributed by atoms with van der Waals surface area (Å²) in [7, 11) is 0. The molecule has 2 atom stereocenters. The van der Waals surface area contributed by atoms with Gasteiger partial charge < -0.3 is 15.4 Å². The monoisotopic (exact) mass is 480 g/mol. The van der Waals surface area contributed by atoms with Crippen LogP contribution in [0.15, 0.2) is 78.9 Å². The minimum Gasteiger partial charge on any atom is -0.494 e. The van der Waals surface area contributed by atoms with Crippen LogP contribution in [0.5, 0.6) is 5.75 Å². The number of hydrogen-bond acceptors (Lipinski definition) is 4. The third-order valence-corrected chi connectivity index (χ3v) is 6.39. The second-order valence-electron chi connectivity index (χ2n) is 8.88. The van der Waals surface area contributed by atoms with Gasteiger partial charge in [0.15, 0.2) is 0 Å². The largest absolute Gasteiger partial charge is 0.494 e. The van der Waals surface area contributed by atoms with Crippen molar-refractivity contribution in [2.45, 2.75) is 32.7 Å². The number of benzene rings is 3. The fourth-order valence-electron chi connectivity index (χ4n) is 4.76. The zero-order valence-electron chi connectivity index (χ0n) is 20.5. The van der Waals surface area contributed by atoms with Gasteiger partial charge in [0.2, 0.25) is 5.91 Å². The van der Waals surface area contributed by atoms with E-state index in [1.165, 1.54) is 0 Å². The summed E-state index contributed by atoms with van der Waals surface area (Å²) in [6.45, 7) is 6.36. The molecule has 0 fully saturated rings. The number of rotatable bonds is 6. The van der Waals surface area contributed by atoms with Crippen molar-refractivity contribution in [1.29, 1.82) is 0 Å². The van der Waals surface area contributed by atoms with Crippen LogP contribution in [0, 0.1) is 13.8 Å². The van der Waals surface area contributed by atoms with Gasteiger partial charge in [0.05, 0.1) is 18.0 Å². The van der Waals surface area contributed by atoms with Crippen LogP contribution in [0.3, 0.4) is 0 Å². The van der Waals surface area contributed by atoms with Crippen LogP contribution in [0.25, 0.3) is 5.69 Å². The molecule has 0 spiro atoms. The van der Waals surface area contributed by atoms with Gasteiger partial charge >= 0.3 is 0 Å². The Morgan fingerprint density at radius 1 is 1.03 bits per heavy atom. The van der Waals surface area contributed by atoms with Gasteiger partial charge in [-0.15, -0.1) is 0 Å². The van der Waals surface area contributed by atoms with Crippen molar-refractivity contribution in [3.05, 3.63) is 107 Å². The number of anilines is 1. The summed E-state index contributed by atoms with van der Waals surface area (Å²) in [5.74, 6) is 0.337. The number of aromatic nitrogens is 2. The molecule has 1 aromatic heterocycles. The molecule has 2 amide bonds. The molecule has 0 aliphatic carbocycles. The zero-order valence-corrected chi connectivity index (χ0v) is 20.5. The molecular weight excluding hydrogens is 452 g/mol. The van der Waals surface area contributed by atoms with E-state index in [1.807, 2.05) is 93.6 Å². The normalized spacial score (nSPS) is 16.7. The first kappa shape index (κ1) is 23.4. The van der Waals surface area contributed by atoms with Crippen LogP contribution in [0.4, 0.5) is 5.82 Å². The average molecular weight is 481 g/mol. The van der Waals surface area contributed by atoms with Gasteiger partial charge in [0, 0.05) is 17.0 Å². The molecule has 4 aromatic rings. The number of nitrogens with one attached hydrogen (secondary N) is 2. The minimum atomic E-state index is -0.824. The molecular formula is C29H28N4O3. The Labute approximate surface area is 210 Å². The van der Waals surface area contributed by atoms with Crippen molar-refractivity contribution < 1.29 is 14.3 Å². The van der Waals surface area contributed by atoms with Crippen molar-refractivity contribution in [3.8, 4) is 11.4 Å². The highest BCUT2D eigenvalue weighted by molar-refractivity contribution is 6.04. The number of carbonyl (C=O) groups excluding carboxylic acids is 2. The van der Waals surface area contributed by atoms with Crippen molar-refractivity contribution in [2.24, 2.45) is 0 Å². The third kappa shape index (κ3) is 4.35. The van der Waals surface area contributed by atoms with Crippen LogP contribution in [-0.4, -0.2) is 34.2 Å². The second kappa shape index (κ2) is 9.70. The lowest BCUT2D eigenvalue weighted by Gasteiger charge is -2.33. The number of para-hydroxylation sites is 1. The maximum Gasteiger partial charge on any atom is 0.251 e. The first-order chi connectivity index (χ1) is 17.5. The molecule has 2 heterocycles. The molecule has 0 bridgehead atoms. The molecule has 36 heavy (non-hydrogen) atoms. The van der Waals surface area contributed by atoms with Gasteiger partial charge in [-0.2, -0.15) is 5.10 Å². The first-order valence-electron chi connectivity index (χ1n) is 12.0. The lowest BCUT2D eigenvalue weighted by atomic mass is 9.81. The highest BCUT2D eigenvalue weighted by atomic mass is 16.5. The van der Waals surface area contributed by atoms with E-state index in [4.69, 9.17) is 9.84 Å². The smallest absolute Gasteiger partial charge is 0.251 e. The topological polar surface area (TPSA) is 85.2 Å². The van der Waals surface area contributed by atoms with Gasteiger partial charge in [-0.3, -0.25) is 9.59 Å². The Kier molecular flexibility index (Phi) is 6.29. The second-order valence-corrected chi connectivity index (χ2v) is 8.88. The Bertz CT molecular complexity index is 1410. The number of carbonyl (C=O) groups is 2. The fraction of sp³-hybridized carbons (Fsp3) is 0.207. The molecule has 0 saturated heterocycles. The first-order valence-corrected chi connectivity index (χ1v) is 12.0. The van der Waals surface area contributed by atoms with E-state index in [0.29, 0.717) is 18.0 Å². The molecule has 1 aliphatic heterocycles.